The van der Waals surface area contributed by atoms with Gasteiger partial charge in [-0.05, 0) is 31.5 Å². The summed E-state index contributed by atoms with van der Waals surface area (Å²) in [7, 11) is 0.650. The summed E-state index contributed by atoms with van der Waals surface area (Å²) >= 11 is 0. The number of nitrogens with zero attached hydrogens (tertiary/aromatic N) is 2. The van der Waals surface area contributed by atoms with Crippen molar-refractivity contribution in [2.24, 2.45) is 0 Å². The third-order valence-electron chi connectivity index (χ3n) is 4.24. The van der Waals surface area contributed by atoms with Crippen LogP contribution in [0.15, 0.2) is 24.3 Å². The van der Waals surface area contributed by atoms with Crippen molar-refractivity contribution < 1.29 is 22.7 Å². The zero-order valence-electron chi connectivity index (χ0n) is 14.8. The van der Waals surface area contributed by atoms with E-state index in [1.54, 1.807) is 25.1 Å². The molecule has 0 bridgehead atoms. The molecule has 0 radical (unpaired) electrons. The standard InChI is InChI=1S/C17H24N2O5S/c1-4-19(15-8-9-25(22,23)12-15)16(20)11-24-17(21)13-6-5-7-14(10-13)18(2)3/h5-7,10,15H,4,8-9,11-12H2,1-3H3/t15-/m1/s1. The van der Waals surface area contributed by atoms with Gasteiger partial charge >= 0.3 is 5.97 Å². The zero-order chi connectivity index (χ0) is 18.6. The minimum Gasteiger partial charge on any atom is -0.452 e. The second kappa shape index (κ2) is 7.86. The van der Waals surface area contributed by atoms with Crippen molar-refractivity contribution in [3.05, 3.63) is 29.8 Å². The minimum absolute atomic E-state index is 0.0224. The Bertz CT molecular complexity index is 745. The number of esters is 1. The molecule has 0 N–H and O–H groups in total. The molecule has 1 aromatic rings. The highest BCUT2D eigenvalue weighted by molar-refractivity contribution is 7.91. The number of carbonyl (C=O) groups is 2. The maximum absolute atomic E-state index is 12.3. The fourth-order valence-corrected chi connectivity index (χ4v) is 4.59. The van der Waals surface area contributed by atoms with E-state index in [1.165, 1.54) is 4.90 Å². The molecule has 25 heavy (non-hydrogen) atoms. The molecule has 1 atom stereocenters. The predicted molar refractivity (Wildman–Crippen MR) is 95.5 cm³/mol. The number of hydrogen-bond acceptors (Lipinski definition) is 6. The van der Waals surface area contributed by atoms with Gasteiger partial charge in [0.1, 0.15) is 0 Å². The lowest BCUT2D eigenvalue weighted by atomic mass is 10.2. The SMILES string of the molecule is CCN(C(=O)COC(=O)c1cccc(N(C)C)c1)[C@@H]1CCS(=O)(=O)C1. The molecule has 1 fully saturated rings. The number of ether oxygens (including phenoxy) is 1. The van der Waals surface area contributed by atoms with Gasteiger partial charge in [-0.3, -0.25) is 4.79 Å². The fraction of sp³-hybridized carbons (Fsp3) is 0.529. The van der Waals surface area contributed by atoms with Crippen LogP contribution < -0.4 is 4.90 Å². The van der Waals surface area contributed by atoms with Crippen LogP contribution in [0.4, 0.5) is 5.69 Å². The molecule has 1 aliphatic heterocycles. The summed E-state index contributed by atoms with van der Waals surface area (Å²) in [6.45, 7) is 1.77. The smallest absolute Gasteiger partial charge is 0.338 e. The Balaban J connectivity index is 1.96. The van der Waals surface area contributed by atoms with E-state index < -0.39 is 22.4 Å². The first kappa shape index (κ1) is 19.2. The minimum atomic E-state index is -3.08. The summed E-state index contributed by atoms with van der Waals surface area (Å²) in [5.41, 5.74) is 1.22. The molecule has 1 heterocycles. The molecule has 7 nitrogen and oxygen atoms in total. The van der Waals surface area contributed by atoms with Crippen LogP contribution in [-0.4, -0.2) is 70.0 Å². The van der Waals surface area contributed by atoms with Crippen LogP contribution >= 0.6 is 0 Å². The van der Waals surface area contributed by atoms with Gasteiger partial charge in [0.15, 0.2) is 16.4 Å². The van der Waals surface area contributed by atoms with Crippen LogP contribution in [0.1, 0.15) is 23.7 Å². The fourth-order valence-electron chi connectivity index (χ4n) is 2.86. The molecule has 8 heteroatoms. The summed E-state index contributed by atoms with van der Waals surface area (Å²) in [5.74, 6) is -0.877. The van der Waals surface area contributed by atoms with Crippen LogP contribution in [0.3, 0.4) is 0 Å². The van der Waals surface area contributed by atoms with Crippen LogP contribution in [0.5, 0.6) is 0 Å². The van der Waals surface area contributed by atoms with Gasteiger partial charge in [0.2, 0.25) is 0 Å². The molecular weight excluding hydrogens is 344 g/mol. The molecule has 138 valence electrons. The summed E-state index contributed by atoms with van der Waals surface area (Å²) in [6, 6.07) is 6.59. The van der Waals surface area contributed by atoms with Gasteiger partial charge in [0.05, 0.1) is 17.1 Å². The van der Waals surface area contributed by atoms with Crippen LogP contribution in [0, 0.1) is 0 Å². The summed E-state index contributed by atoms with van der Waals surface area (Å²) in [6.07, 6.45) is 0.431. The van der Waals surface area contributed by atoms with Gasteiger partial charge in [-0.2, -0.15) is 0 Å². The molecule has 0 saturated carbocycles. The Morgan fingerprint density at radius 2 is 2.00 bits per heavy atom. The lowest BCUT2D eigenvalue weighted by Gasteiger charge is -2.26. The van der Waals surface area contributed by atoms with E-state index in [1.807, 2.05) is 25.1 Å². The van der Waals surface area contributed by atoms with Crippen molar-refractivity contribution in [1.82, 2.24) is 4.90 Å². The highest BCUT2D eigenvalue weighted by Gasteiger charge is 2.34. The van der Waals surface area contributed by atoms with Gasteiger partial charge in [0, 0.05) is 32.4 Å². The molecular formula is C17H24N2O5S. The first-order valence-corrected chi connectivity index (χ1v) is 10.00. The average molecular weight is 368 g/mol. The highest BCUT2D eigenvalue weighted by Crippen LogP contribution is 2.18. The zero-order valence-corrected chi connectivity index (χ0v) is 15.6. The number of sulfone groups is 1. The first-order chi connectivity index (χ1) is 11.7. The summed E-state index contributed by atoms with van der Waals surface area (Å²) in [5, 5.41) is 0. The van der Waals surface area contributed by atoms with E-state index in [9.17, 15) is 18.0 Å². The van der Waals surface area contributed by atoms with E-state index >= 15 is 0 Å². The quantitative estimate of drug-likeness (QED) is 0.695. The molecule has 0 spiro atoms. The van der Waals surface area contributed by atoms with Gasteiger partial charge in [-0.15, -0.1) is 0 Å². The Morgan fingerprint density at radius 1 is 1.28 bits per heavy atom. The molecule has 1 aromatic carbocycles. The summed E-state index contributed by atoms with van der Waals surface area (Å²) in [4.78, 5) is 27.8. The highest BCUT2D eigenvalue weighted by atomic mass is 32.2. The number of anilines is 1. The average Bonchev–Trinajstić information content (AvgIpc) is 2.93. The third kappa shape index (κ3) is 4.94. The first-order valence-electron chi connectivity index (χ1n) is 8.18. The van der Waals surface area contributed by atoms with Crippen molar-refractivity contribution >= 4 is 27.4 Å². The van der Waals surface area contributed by atoms with Crippen LogP contribution in [-0.2, 0) is 19.4 Å². The van der Waals surface area contributed by atoms with Crippen LogP contribution in [0.2, 0.25) is 0 Å². The summed E-state index contributed by atoms with van der Waals surface area (Å²) < 4.78 is 28.3. The van der Waals surface area contributed by atoms with Crippen LogP contribution in [0.25, 0.3) is 0 Å². The Hall–Kier alpha value is -2.09. The monoisotopic (exact) mass is 368 g/mol. The maximum atomic E-state index is 12.3. The van der Waals surface area contributed by atoms with Crippen molar-refractivity contribution in [1.29, 1.82) is 0 Å². The maximum Gasteiger partial charge on any atom is 0.338 e. The number of amides is 1. The number of benzene rings is 1. The van der Waals surface area contributed by atoms with E-state index in [4.69, 9.17) is 4.74 Å². The van der Waals surface area contributed by atoms with Crippen molar-refractivity contribution in [3.63, 3.8) is 0 Å². The van der Waals surface area contributed by atoms with Gasteiger partial charge in [0.25, 0.3) is 5.91 Å². The van der Waals surface area contributed by atoms with Gasteiger partial charge in [-0.25, -0.2) is 13.2 Å². The molecule has 1 amide bonds. The molecule has 0 aliphatic carbocycles. The van der Waals surface area contributed by atoms with Gasteiger partial charge in [-0.1, -0.05) is 6.07 Å². The molecule has 1 saturated heterocycles. The molecule has 0 unspecified atom stereocenters. The number of likely N-dealkylation sites (N-methyl/N-ethyl adjacent to an activating group) is 1. The third-order valence-corrected chi connectivity index (χ3v) is 5.99. The molecule has 1 aliphatic rings. The second-order valence-electron chi connectivity index (χ2n) is 6.26. The number of hydrogen-bond donors (Lipinski definition) is 0. The topological polar surface area (TPSA) is 84.0 Å². The predicted octanol–water partition coefficient (Wildman–Crippen LogP) is 0.945. The van der Waals surface area contributed by atoms with E-state index in [0.29, 0.717) is 18.5 Å². The van der Waals surface area contributed by atoms with E-state index in [-0.39, 0.29) is 23.5 Å². The largest absolute Gasteiger partial charge is 0.452 e. The second-order valence-corrected chi connectivity index (χ2v) is 8.49. The lowest BCUT2D eigenvalue weighted by molar-refractivity contribution is -0.136. The lowest BCUT2D eigenvalue weighted by Crippen LogP contribution is -2.43. The van der Waals surface area contributed by atoms with Gasteiger partial charge < -0.3 is 14.5 Å². The van der Waals surface area contributed by atoms with Crippen molar-refractivity contribution in [2.45, 2.75) is 19.4 Å². The normalized spacial score (nSPS) is 18.6. The number of carbonyl (C=O) groups excluding carboxylic acids is 2. The Morgan fingerprint density at radius 3 is 2.56 bits per heavy atom. The molecule has 2 rings (SSSR count). The van der Waals surface area contributed by atoms with Crippen molar-refractivity contribution in [2.75, 3.05) is 43.7 Å². The molecule has 0 aromatic heterocycles. The van der Waals surface area contributed by atoms with E-state index in [2.05, 4.69) is 0 Å². The Kier molecular flexibility index (Phi) is 6.05. The van der Waals surface area contributed by atoms with Crippen molar-refractivity contribution in [3.8, 4) is 0 Å². The number of rotatable bonds is 6. The van der Waals surface area contributed by atoms with E-state index in [0.717, 1.165) is 5.69 Å². The Labute approximate surface area is 148 Å².